The summed E-state index contributed by atoms with van der Waals surface area (Å²) in [7, 11) is -1.18. The molecule has 1 aliphatic carbocycles. The Kier molecular flexibility index (Phi) is 8.01. The van der Waals surface area contributed by atoms with Gasteiger partial charge >= 0.3 is 5.56 Å². The van der Waals surface area contributed by atoms with Crippen molar-refractivity contribution in [3.63, 3.8) is 0 Å². The molecule has 0 radical (unpaired) electrons. The molecule has 1 aliphatic heterocycles. The molecular weight excluding hydrogens is 566 g/mol. The third-order valence-corrected chi connectivity index (χ3v) is 8.65. The Hall–Kier alpha value is -2.63. The van der Waals surface area contributed by atoms with Gasteiger partial charge in [0, 0.05) is 36.7 Å². The van der Waals surface area contributed by atoms with Crippen LogP contribution in [-0.4, -0.2) is 50.6 Å². The van der Waals surface area contributed by atoms with Gasteiger partial charge in [-0.25, -0.2) is 17.3 Å². The molecule has 1 saturated carbocycles. The largest absolute Gasteiger partial charge is 0.483 e. The van der Waals surface area contributed by atoms with Gasteiger partial charge < -0.3 is 9.64 Å². The Morgan fingerprint density at radius 3 is 2.41 bits per heavy atom. The van der Waals surface area contributed by atoms with Crippen molar-refractivity contribution < 1.29 is 17.7 Å². The Morgan fingerprint density at radius 1 is 1.03 bits per heavy atom. The summed E-state index contributed by atoms with van der Waals surface area (Å²) >= 11 is 3.45. The zero-order chi connectivity index (χ0) is 25.9. The van der Waals surface area contributed by atoms with Gasteiger partial charge in [0.2, 0.25) is 5.75 Å². The first-order chi connectivity index (χ1) is 17.9. The summed E-state index contributed by atoms with van der Waals surface area (Å²) in [4.78, 5) is 15.5. The molecule has 1 aromatic heterocycles. The highest BCUT2D eigenvalue weighted by Crippen LogP contribution is 2.30. The van der Waals surface area contributed by atoms with E-state index < -0.39 is 28.2 Å². The minimum atomic E-state index is -1.18. The second kappa shape index (κ2) is 11.4. The number of hydrogen-bond acceptors (Lipinski definition) is 5. The predicted octanol–water partition coefficient (Wildman–Crippen LogP) is 4.58. The summed E-state index contributed by atoms with van der Waals surface area (Å²) < 4.78 is 50.7. The van der Waals surface area contributed by atoms with Crippen molar-refractivity contribution in [2.45, 2.75) is 37.5 Å². The molecule has 3 aromatic rings. The summed E-state index contributed by atoms with van der Waals surface area (Å²) in [6.45, 7) is 2.15. The molecule has 1 unspecified atom stereocenters. The van der Waals surface area contributed by atoms with Crippen LogP contribution in [0, 0.1) is 11.6 Å². The van der Waals surface area contributed by atoms with Gasteiger partial charge in [0.25, 0.3) is 0 Å². The van der Waals surface area contributed by atoms with E-state index in [0.717, 1.165) is 58.6 Å². The Balaban J connectivity index is 1.37. The van der Waals surface area contributed by atoms with E-state index in [4.69, 9.17) is 4.74 Å². The number of ether oxygens (including phenoxy) is 1. The third kappa shape index (κ3) is 6.10. The second-order valence-corrected chi connectivity index (χ2v) is 11.6. The maximum atomic E-state index is 13.8. The molecule has 7 nitrogen and oxygen atoms in total. The van der Waals surface area contributed by atoms with Gasteiger partial charge in [0.05, 0.1) is 34.7 Å². The number of piperazine rings is 1. The number of anilines is 1. The average molecular weight is 593 g/mol. The summed E-state index contributed by atoms with van der Waals surface area (Å²) in [6, 6.07) is 10.7. The van der Waals surface area contributed by atoms with Crippen LogP contribution in [0.5, 0.6) is 5.75 Å². The maximum Gasteiger partial charge on any atom is 0.316 e. The number of hydrogen-bond donors (Lipinski definition) is 0. The molecule has 196 valence electrons. The number of halogens is 3. The minimum Gasteiger partial charge on any atom is -0.483 e. The van der Waals surface area contributed by atoms with Crippen LogP contribution in [0.15, 0.2) is 57.9 Å². The molecule has 11 heteroatoms. The smallest absolute Gasteiger partial charge is 0.316 e. The zero-order valence-electron chi connectivity index (χ0n) is 20.1. The summed E-state index contributed by atoms with van der Waals surface area (Å²) in [6.07, 6.45) is 5.16. The molecule has 1 atom stereocenters. The van der Waals surface area contributed by atoms with Crippen LogP contribution < -0.4 is 15.2 Å². The zero-order valence-corrected chi connectivity index (χ0v) is 22.5. The van der Waals surface area contributed by atoms with Gasteiger partial charge in [-0.2, -0.15) is 9.78 Å². The number of nitrogens with zero attached hydrogens (tertiary/aromatic N) is 4. The molecule has 0 bridgehead atoms. The Bertz CT molecular complexity index is 1340. The van der Waals surface area contributed by atoms with Gasteiger partial charge in [0.15, 0.2) is 0 Å². The SMILES string of the molecule is O=c1c(OC2CCCC2)c(N2CCN(S(=O)Cc3cccc(Br)c3)CC2)cnn1-c1cc(F)cc(F)c1. The van der Waals surface area contributed by atoms with Crippen molar-refractivity contribution in [2.24, 2.45) is 0 Å². The van der Waals surface area contributed by atoms with Gasteiger partial charge in [0.1, 0.15) is 17.3 Å². The van der Waals surface area contributed by atoms with E-state index in [1.807, 2.05) is 33.5 Å². The van der Waals surface area contributed by atoms with Crippen molar-refractivity contribution in [1.29, 1.82) is 0 Å². The molecule has 0 spiro atoms. The van der Waals surface area contributed by atoms with E-state index in [1.165, 1.54) is 6.20 Å². The lowest BCUT2D eigenvalue weighted by atomic mass is 10.2. The Labute approximate surface area is 224 Å². The van der Waals surface area contributed by atoms with E-state index in [-0.39, 0.29) is 17.5 Å². The topological polar surface area (TPSA) is 67.7 Å². The first-order valence-electron chi connectivity index (χ1n) is 12.3. The Morgan fingerprint density at radius 2 is 1.73 bits per heavy atom. The lowest BCUT2D eigenvalue weighted by molar-refractivity contribution is 0.205. The molecule has 1 saturated heterocycles. The fraction of sp³-hybridized carbons (Fsp3) is 0.385. The second-order valence-electron chi connectivity index (χ2n) is 9.24. The van der Waals surface area contributed by atoms with Gasteiger partial charge in [-0.1, -0.05) is 28.1 Å². The van der Waals surface area contributed by atoms with Crippen LogP contribution >= 0.6 is 15.9 Å². The van der Waals surface area contributed by atoms with Crippen molar-refractivity contribution in [3.8, 4) is 11.4 Å². The highest BCUT2D eigenvalue weighted by atomic mass is 79.9. The van der Waals surface area contributed by atoms with Crippen LogP contribution in [-0.2, 0) is 16.7 Å². The van der Waals surface area contributed by atoms with Crippen LogP contribution in [0.2, 0.25) is 0 Å². The average Bonchev–Trinajstić information content (AvgIpc) is 3.38. The van der Waals surface area contributed by atoms with E-state index in [2.05, 4.69) is 21.0 Å². The van der Waals surface area contributed by atoms with Crippen LogP contribution in [0.1, 0.15) is 31.2 Å². The lowest BCUT2D eigenvalue weighted by Crippen LogP contribution is -2.47. The van der Waals surface area contributed by atoms with Gasteiger partial charge in [-0.15, -0.1) is 0 Å². The van der Waals surface area contributed by atoms with E-state index >= 15 is 0 Å². The predicted molar refractivity (Wildman–Crippen MR) is 142 cm³/mol. The van der Waals surface area contributed by atoms with Crippen molar-refractivity contribution in [2.75, 3.05) is 31.1 Å². The normalized spacial score (nSPS) is 17.8. The molecule has 2 aliphatic rings. The first-order valence-corrected chi connectivity index (χ1v) is 14.3. The fourth-order valence-electron chi connectivity index (χ4n) is 4.78. The molecule has 0 amide bonds. The minimum absolute atomic E-state index is 0.00177. The molecule has 2 fully saturated rings. The van der Waals surface area contributed by atoms with E-state index in [1.54, 1.807) is 0 Å². The van der Waals surface area contributed by atoms with Gasteiger partial charge in [-0.05, 0) is 55.5 Å². The summed E-state index contributed by atoms with van der Waals surface area (Å²) in [5.74, 6) is -1.02. The summed E-state index contributed by atoms with van der Waals surface area (Å²) in [5.41, 5.74) is 0.972. The lowest BCUT2D eigenvalue weighted by Gasteiger charge is -2.35. The standard InChI is InChI=1S/C26H27BrF2N4O3S/c27-19-5-3-4-18(12-19)17-37(35)32-10-8-31(9-11-32)24-16-30-33(22-14-20(28)13-21(29)15-22)26(34)25(24)36-23-6-1-2-7-23/h3-5,12-16,23H,1-2,6-11,17H2. The van der Waals surface area contributed by atoms with Crippen LogP contribution in [0.25, 0.3) is 5.69 Å². The van der Waals surface area contributed by atoms with Gasteiger partial charge in [-0.3, -0.25) is 4.79 Å². The number of rotatable bonds is 7. The quantitative estimate of drug-likeness (QED) is 0.402. The van der Waals surface area contributed by atoms with Crippen molar-refractivity contribution >= 4 is 32.6 Å². The molecule has 2 heterocycles. The number of aromatic nitrogens is 2. The van der Waals surface area contributed by atoms with Crippen molar-refractivity contribution in [3.05, 3.63) is 80.7 Å². The highest BCUT2D eigenvalue weighted by Gasteiger charge is 2.28. The van der Waals surface area contributed by atoms with Crippen LogP contribution in [0.3, 0.4) is 0 Å². The first kappa shape index (κ1) is 26.0. The summed E-state index contributed by atoms with van der Waals surface area (Å²) in [5, 5.41) is 4.23. The monoisotopic (exact) mass is 592 g/mol. The molecule has 37 heavy (non-hydrogen) atoms. The molecule has 0 N–H and O–H groups in total. The van der Waals surface area contributed by atoms with Crippen LogP contribution in [0.4, 0.5) is 14.5 Å². The molecular formula is C26H27BrF2N4O3S. The highest BCUT2D eigenvalue weighted by molar-refractivity contribution is 9.10. The fourth-order valence-corrected chi connectivity index (χ4v) is 6.44. The van der Waals surface area contributed by atoms with E-state index in [0.29, 0.717) is 37.6 Å². The maximum absolute atomic E-state index is 13.8. The third-order valence-electron chi connectivity index (χ3n) is 6.64. The van der Waals surface area contributed by atoms with E-state index in [9.17, 15) is 17.8 Å². The number of benzene rings is 2. The molecule has 2 aromatic carbocycles. The van der Waals surface area contributed by atoms with Crippen molar-refractivity contribution in [1.82, 2.24) is 14.1 Å². The molecule has 5 rings (SSSR count).